The summed E-state index contributed by atoms with van der Waals surface area (Å²) < 4.78 is 2.59. The van der Waals surface area contributed by atoms with E-state index in [1.54, 1.807) is 0 Å². The van der Waals surface area contributed by atoms with Gasteiger partial charge in [0.15, 0.2) is 0 Å². The maximum absolute atomic E-state index is 12.5. The molecule has 4 nitrogen and oxygen atoms in total. The highest BCUT2D eigenvalue weighted by Gasteiger charge is 2.14. The Morgan fingerprint density at radius 2 is 2.04 bits per heavy atom. The number of halogens is 1. The van der Waals surface area contributed by atoms with Crippen molar-refractivity contribution < 1.29 is 4.79 Å². The minimum atomic E-state index is 0.152. The van der Waals surface area contributed by atoms with Crippen molar-refractivity contribution in [1.29, 1.82) is 0 Å². The summed E-state index contributed by atoms with van der Waals surface area (Å²) in [4.78, 5) is 15.5. The van der Waals surface area contributed by atoms with Crippen LogP contribution in [-0.4, -0.2) is 27.1 Å². The minimum Gasteiger partial charge on any atom is -0.338 e. The van der Waals surface area contributed by atoms with Gasteiger partial charge in [-0.25, -0.2) is 4.68 Å². The van der Waals surface area contributed by atoms with Crippen molar-refractivity contribution in [1.82, 2.24) is 14.7 Å². The first-order valence-electron chi connectivity index (χ1n) is 8.26. The second kappa shape index (κ2) is 8.32. The van der Waals surface area contributed by atoms with Gasteiger partial charge in [0.05, 0.1) is 22.8 Å². The van der Waals surface area contributed by atoms with E-state index >= 15 is 0 Å². The number of hydrogen-bond acceptors (Lipinski definition) is 3. The van der Waals surface area contributed by atoms with Gasteiger partial charge in [0.1, 0.15) is 0 Å². The highest BCUT2D eigenvalue weighted by Crippen LogP contribution is 2.23. The fourth-order valence-electron chi connectivity index (χ4n) is 2.62. The smallest absolute Gasteiger partial charge is 0.223 e. The number of benzene rings is 1. The van der Waals surface area contributed by atoms with Gasteiger partial charge in [0, 0.05) is 24.0 Å². The Bertz CT molecular complexity index is 828. The first kappa shape index (κ1) is 17.7. The van der Waals surface area contributed by atoms with Crippen molar-refractivity contribution >= 4 is 28.8 Å². The van der Waals surface area contributed by atoms with Crippen molar-refractivity contribution in [2.75, 3.05) is 6.54 Å². The summed E-state index contributed by atoms with van der Waals surface area (Å²) in [6.45, 7) is 3.31. The molecule has 0 atom stereocenters. The molecular weight excluding hydrogens is 354 g/mol. The molecule has 0 bridgehead atoms. The van der Waals surface area contributed by atoms with E-state index in [1.165, 1.54) is 11.3 Å². The lowest BCUT2D eigenvalue weighted by Gasteiger charge is -2.20. The predicted octanol–water partition coefficient (Wildman–Crippen LogP) is 4.57. The van der Waals surface area contributed by atoms with Crippen LogP contribution < -0.4 is 0 Å². The normalized spacial score (nSPS) is 10.8. The van der Waals surface area contributed by atoms with Crippen molar-refractivity contribution in [3.05, 3.63) is 69.6 Å². The lowest BCUT2D eigenvalue weighted by atomic mass is 10.2. The van der Waals surface area contributed by atoms with Crippen LogP contribution in [-0.2, 0) is 17.8 Å². The van der Waals surface area contributed by atoms with E-state index in [4.69, 9.17) is 11.6 Å². The Morgan fingerprint density at radius 1 is 1.24 bits per heavy atom. The van der Waals surface area contributed by atoms with Gasteiger partial charge in [-0.1, -0.05) is 29.8 Å². The Kier molecular flexibility index (Phi) is 5.89. The molecule has 0 saturated heterocycles. The average molecular weight is 374 g/mol. The summed E-state index contributed by atoms with van der Waals surface area (Å²) in [6.07, 6.45) is 4.98. The van der Waals surface area contributed by atoms with Crippen LogP contribution in [0, 0.1) is 0 Å². The second-order valence-corrected chi connectivity index (χ2v) is 7.54. The molecule has 0 unspecified atom stereocenters. The Labute approximate surface area is 156 Å². The predicted molar refractivity (Wildman–Crippen MR) is 102 cm³/mol. The molecule has 0 aliphatic rings. The van der Waals surface area contributed by atoms with Crippen molar-refractivity contribution in [2.45, 2.75) is 26.3 Å². The molecule has 0 N–H and O–H groups in total. The van der Waals surface area contributed by atoms with Crippen LogP contribution in [0.1, 0.15) is 23.8 Å². The maximum atomic E-state index is 12.5. The maximum Gasteiger partial charge on any atom is 0.223 e. The average Bonchev–Trinajstić information content (AvgIpc) is 3.27. The third kappa shape index (κ3) is 4.71. The third-order valence-corrected chi connectivity index (χ3v) is 5.21. The molecule has 3 aromatic rings. The first-order valence-corrected chi connectivity index (χ1v) is 9.46. The van der Waals surface area contributed by atoms with Crippen LogP contribution in [0.3, 0.4) is 0 Å². The van der Waals surface area contributed by atoms with Gasteiger partial charge in [0.25, 0.3) is 0 Å². The largest absolute Gasteiger partial charge is 0.338 e. The molecule has 3 rings (SSSR count). The number of carbonyl (C=O) groups excluding carboxylic acids is 1. The summed E-state index contributed by atoms with van der Waals surface area (Å²) in [5.74, 6) is 0.152. The fourth-order valence-corrected chi connectivity index (χ4v) is 3.72. The molecule has 2 aromatic heterocycles. The summed E-state index contributed by atoms with van der Waals surface area (Å²) in [7, 11) is 0. The van der Waals surface area contributed by atoms with Crippen molar-refractivity contribution in [3.8, 4) is 5.69 Å². The Balaban J connectivity index is 1.57. The van der Waals surface area contributed by atoms with Crippen LogP contribution in [0.2, 0.25) is 4.34 Å². The van der Waals surface area contributed by atoms with Gasteiger partial charge in [-0.2, -0.15) is 5.10 Å². The van der Waals surface area contributed by atoms with E-state index in [9.17, 15) is 4.79 Å². The van der Waals surface area contributed by atoms with E-state index < -0.39 is 0 Å². The highest BCUT2D eigenvalue weighted by atomic mass is 35.5. The number of thiophene rings is 1. The molecule has 0 aliphatic carbocycles. The van der Waals surface area contributed by atoms with Crippen LogP contribution in [0.15, 0.2) is 54.9 Å². The number of amides is 1. The van der Waals surface area contributed by atoms with Crippen LogP contribution in [0.4, 0.5) is 0 Å². The lowest BCUT2D eigenvalue weighted by Crippen LogP contribution is -2.30. The van der Waals surface area contributed by atoms with E-state index in [0.29, 0.717) is 25.9 Å². The number of rotatable bonds is 7. The van der Waals surface area contributed by atoms with Gasteiger partial charge in [-0.3, -0.25) is 4.79 Å². The molecule has 0 radical (unpaired) electrons. The fraction of sp³-hybridized carbons (Fsp3) is 0.263. The first-order chi connectivity index (χ1) is 12.2. The monoisotopic (exact) mass is 373 g/mol. The molecule has 6 heteroatoms. The van der Waals surface area contributed by atoms with Crippen LogP contribution >= 0.6 is 22.9 Å². The molecule has 1 amide bonds. The molecule has 0 fully saturated rings. The standard InChI is InChI=1S/C19H20ClN3OS/c1-2-22(14-17-9-10-18(20)25-17)19(24)11-8-15-12-21-23(13-15)16-6-4-3-5-7-16/h3-7,9-10,12-13H,2,8,11,14H2,1H3. The summed E-state index contributed by atoms with van der Waals surface area (Å²) in [5.41, 5.74) is 2.08. The number of para-hydroxylation sites is 1. The highest BCUT2D eigenvalue weighted by molar-refractivity contribution is 7.16. The molecule has 0 saturated carbocycles. The topological polar surface area (TPSA) is 38.1 Å². The summed E-state index contributed by atoms with van der Waals surface area (Å²) in [5, 5.41) is 4.38. The van der Waals surface area contributed by atoms with Gasteiger partial charge >= 0.3 is 0 Å². The zero-order valence-corrected chi connectivity index (χ0v) is 15.6. The molecule has 130 valence electrons. The SMILES string of the molecule is CCN(Cc1ccc(Cl)s1)C(=O)CCc1cnn(-c2ccccc2)c1. The molecule has 1 aromatic carbocycles. The molecule has 0 aliphatic heterocycles. The Morgan fingerprint density at radius 3 is 2.72 bits per heavy atom. The molecule has 0 spiro atoms. The Hall–Kier alpha value is -2.11. The molecular formula is C19H20ClN3OS. The second-order valence-electron chi connectivity index (χ2n) is 5.74. The quantitative estimate of drug-likeness (QED) is 0.608. The van der Waals surface area contributed by atoms with E-state index in [1.807, 2.05) is 71.4 Å². The number of hydrogen-bond donors (Lipinski definition) is 0. The minimum absolute atomic E-state index is 0.152. The summed E-state index contributed by atoms with van der Waals surface area (Å²) in [6, 6.07) is 13.8. The number of aromatic nitrogens is 2. The zero-order valence-electron chi connectivity index (χ0n) is 14.1. The zero-order chi connectivity index (χ0) is 17.6. The van der Waals surface area contributed by atoms with Crippen molar-refractivity contribution in [2.24, 2.45) is 0 Å². The van der Waals surface area contributed by atoms with E-state index in [2.05, 4.69) is 5.10 Å². The van der Waals surface area contributed by atoms with Gasteiger partial charge in [0.2, 0.25) is 5.91 Å². The molecule has 25 heavy (non-hydrogen) atoms. The van der Waals surface area contributed by atoms with E-state index in [0.717, 1.165) is 20.5 Å². The van der Waals surface area contributed by atoms with Gasteiger partial charge < -0.3 is 4.90 Å². The number of carbonyl (C=O) groups is 1. The van der Waals surface area contributed by atoms with Crippen LogP contribution in [0.5, 0.6) is 0 Å². The van der Waals surface area contributed by atoms with Gasteiger partial charge in [-0.15, -0.1) is 11.3 Å². The van der Waals surface area contributed by atoms with Crippen LogP contribution in [0.25, 0.3) is 5.69 Å². The van der Waals surface area contributed by atoms with Crippen molar-refractivity contribution in [3.63, 3.8) is 0 Å². The third-order valence-electron chi connectivity index (χ3n) is 3.99. The number of nitrogens with zero attached hydrogens (tertiary/aromatic N) is 3. The lowest BCUT2D eigenvalue weighted by molar-refractivity contribution is -0.131. The van der Waals surface area contributed by atoms with Gasteiger partial charge in [-0.05, 0) is 43.2 Å². The summed E-state index contributed by atoms with van der Waals surface area (Å²) >= 11 is 7.49. The number of aryl methyl sites for hydroxylation is 1. The molecule has 2 heterocycles. The van der Waals surface area contributed by atoms with E-state index in [-0.39, 0.29) is 5.91 Å².